The lowest BCUT2D eigenvalue weighted by atomic mass is 10.8. The zero-order valence-electron chi connectivity index (χ0n) is 3.79. The largest absolute Gasteiger partial charge is 0.357 e. The second-order valence-electron chi connectivity index (χ2n) is 0.804. The fraction of sp³-hybridized carbons (Fsp3) is 1.00. The van der Waals surface area contributed by atoms with Crippen molar-refractivity contribution in [3.05, 3.63) is 0 Å². The SMILES string of the molecule is N=[N+]=NOCCN. The van der Waals surface area contributed by atoms with Crippen LogP contribution in [-0.2, 0) is 4.84 Å². The van der Waals surface area contributed by atoms with Gasteiger partial charge < -0.3 is 10.6 Å². The van der Waals surface area contributed by atoms with Crippen LogP contribution in [0.5, 0.6) is 0 Å². The monoisotopic (exact) mass is 103 g/mol. The molecular formula is C2H7N4O+. The minimum Gasteiger partial charge on any atom is -0.331 e. The van der Waals surface area contributed by atoms with Gasteiger partial charge >= 0.3 is 5.28 Å². The van der Waals surface area contributed by atoms with Gasteiger partial charge in [-0.15, -0.1) is 0 Å². The Balaban J connectivity index is 2.83. The third-order valence-electron chi connectivity index (χ3n) is 0.308. The summed E-state index contributed by atoms with van der Waals surface area (Å²) in [7, 11) is 0. The maximum absolute atomic E-state index is 6.07. The molecule has 0 fully saturated rings. The molecule has 0 amide bonds. The highest BCUT2D eigenvalue weighted by Gasteiger charge is 1.79. The Bertz CT molecular complexity index is 75.8. The second kappa shape index (κ2) is 5.07. The van der Waals surface area contributed by atoms with Crippen molar-refractivity contribution in [1.29, 1.82) is 5.53 Å². The molecular weight excluding hydrogens is 96.0 g/mol. The van der Waals surface area contributed by atoms with Gasteiger partial charge in [0.15, 0.2) is 0 Å². The van der Waals surface area contributed by atoms with Gasteiger partial charge in [-0.1, -0.05) is 0 Å². The van der Waals surface area contributed by atoms with Gasteiger partial charge in [0.1, 0.15) is 12.1 Å². The third-order valence-corrected chi connectivity index (χ3v) is 0.308. The first-order valence-corrected chi connectivity index (χ1v) is 1.80. The van der Waals surface area contributed by atoms with Gasteiger partial charge in [-0.05, 0) is 0 Å². The van der Waals surface area contributed by atoms with E-state index < -0.39 is 0 Å². The summed E-state index contributed by atoms with van der Waals surface area (Å²) in [5, 5.41) is 2.87. The summed E-state index contributed by atoms with van der Waals surface area (Å²) in [5.74, 6) is 0. The Morgan fingerprint density at radius 1 is 1.86 bits per heavy atom. The number of nitrogens with one attached hydrogen (secondary N) is 1. The number of hydrogen-bond acceptors (Lipinski definition) is 4. The number of nitrogens with two attached hydrogens (primary N) is 1. The Morgan fingerprint density at radius 3 is 3.00 bits per heavy atom. The van der Waals surface area contributed by atoms with Crippen molar-refractivity contribution in [2.75, 3.05) is 13.2 Å². The minimum atomic E-state index is 0.322. The van der Waals surface area contributed by atoms with Crippen molar-refractivity contribution in [1.82, 2.24) is 4.91 Å². The van der Waals surface area contributed by atoms with Crippen LogP contribution in [0.25, 0.3) is 0 Å². The van der Waals surface area contributed by atoms with Crippen LogP contribution in [0.1, 0.15) is 0 Å². The van der Waals surface area contributed by atoms with E-state index in [1.165, 1.54) is 0 Å². The highest BCUT2D eigenvalue weighted by molar-refractivity contribution is 4.21. The normalized spacial score (nSPS) is 7.00. The Labute approximate surface area is 40.6 Å². The second-order valence-corrected chi connectivity index (χ2v) is 0.804. The van der Waals surface area contributed by atoms with Crippen molar-refractivity contribution in [3.8, 4) is 0 Å². The van der Waals surface area contributed by atoms with E-state index >= 15 is 0 Å². The van der Waals surface area contributed by atoms with Crippen LogP contribution in [0.15, 0.2) is 5.28 Å². The molecule has 0 heterocycles. The van der Waals surface area contributed by atoms with E-state index in [4.69, 9.17) is 11.3 Å². The molecule has 0 aromatic heterocycles. The van der Waals surface area contributed by atoms with E-state index in [1.807, 2.05) is 0 Å². The maximum Gasteiger partial charge on any atom is 0.357 e. The molecule has 0 saturated carbocycles. The molecule has 0 atom stereocenters. The lowest BCUT2D eigenvalue weighted by molar-refractivity contribution is 0.126. The molecule has 0 aromatic rings. The summed E-state index contributed by atoms with van der Waals surface area (Å²) in [4.78, 5) is 6.85. The molecule has 0 aliphatic heterocycles. The van der Waals surface area contributed by atoms with Crippen molar-refractivity contribution in [2.24, 2.45) is 11.0 Å². The quantitative estimate of drug-likeness (QED) is 0.217. The Hall–Kier alpha value is -0.930. The lowest BCUT2D eigenvalue weighted by Crippen LogP contribution is -2.05. The number of hydrogen-bond donors (Lipinski definition) is 2. The van der Waals surface area contributed by atoms with E-state index in [9.17, 15) is 0 Å². The molecule has 40 valence electrons. The van der Waals surface area contributed by atoms with Gasteiger partial charge in [0.2, 0.25) is 0 Å². The summed E-state index contributed by atoms with van der Waals surface area (Å²) < 4.78 is 0. The minimum absolute atomic E-state index is 0.322. The van der Waals surface area contributed by atoms with Crippen LogP contribution in [0.4, 0.5) is 0 Å². The lowest BCUT2D eigenvalue weighted by Gasteiger charge is -1.80. The van der Waals surface area contributed by atoms with E-state index in [2.05, 4.69) is 15.0 Å². The maximum atomic E-state index is 6.07. The third kappa shape index (κ3) is 5.07. The molecule has 7 heavy (non-hydrogen) atoms. The smallest absolute Gasteiger partial charge is 0.331 e. The highest BCUT2D eigenvalue weighted by atomic mass is 16.6. The van der Waals surface area contributed by atoms with Gasteiger partial charge in [-0.3, -0.25) is 0 Å². The molecule has 0 bridgehead atoms. The summed E-state index contributed by atoms with van der Waals surface area (Å²) in [5.41, 5.74) is 11.1. The number of rotatable bonds is 3. The molecule has 5 heteroatoms. The van der Waals surface area contributed by atoms with E-state index in [0.29, 0.717) is 13.2 Å². The van der Waals surface area contributed by atoms with Crippen molar-refractivity contribution in [2.45, 2.75) is 0 Å². The fourth-order valence-corrected chi connectivity index (χ4v) is 0.122. The molecule has 0 saturated heterocycles. The standard InChI is InChI=1S/C2H7N4O/c3-1-2-7-6-5-4/h4H,1-3H2/q+1. The first kappa shape index (κ1) is 6.07. The van der Waals surface area contributed by atoms with Crippen LogP contribution >= 0.6 is 0 Å². The average Bonchev–Trinajstić information content (AvgIpc) is 1.69. The van der Waals surface area contributed by atoms with Gasteiger partial charge in [-0.2, -0.15) is 0 Å². The topological polar surface area (TPSA) is 85.6 Å². The predicted molar refractivity (Wildman–Crippen MR) is 22.3 cm³/mol. The van der Waals surface area contributed by atoms with Gasteiger partial charge in [-0.25, -0.2) is 0 Å². The summed E-state index contributed by atoms with van der Waals surface area (Å²) in [6.07, 6.45) is 0. The first-order chi connectivity index (χ1) is 3.41. The molecule has 0 rings (SSSR count). The Kier molecular flexibility index (Phi) is 4.40. The van der Waals surface area contributed by atoms with Crippen molar-refractivity contribution >= 4 is 0 Å². The number of nitrogens with zero attached hydrogens (tertiary/aromatic N) is 2. The van der Waals surface area contributed by atoms with Crippen LogP contribution < -0.4 is 10.6 Å². The zero-order chi connectivity index (χ0) is 5.54. The average molecular weight is 103 g/mol. The molecule has 0 aliphatic carbocycles. The molecule has 0 aromatic carbocycles. The molecule has 0 aliphatic rings. The van der Waals surface area contributed by atoms with Crippen LogP contribution in [0.3, 0.4) is 0 Å². The summed E-state index contributed by atoms with van der Waals surface area (Å²) in [6, 6.07) is 0. The van der Waals surface area contributed by atoms with Crippen LogP contribution in [-0.4, -0.2) is 13.2 Å². The summed E-state index contributed by atoms with van der Waals surface area (Å²) >= 11 is 0. The van der Waals surface area contributed by atoms with Gasteiger partial charge in [0, 0.05) is 6.54 Å². The first-order valence-electron chi connectivity index (χ1n) is 1.80. The van der Waals surface area contributed by atoms with E-state index in [-0.39, 0.29) is 0 Å². The van der Waals surface area contributed by atoms with Gasteiger partial charge in [0.25, 0.3) is 4.91 Å². The molecule has 0 radical (unpaired) electrons. The molecule has 0 spiro atoms. The van der Waals surface area contributed by atoms with Crippen molar-refractivity contribution < 1.29 is 4.84 Å². The summed E-state index contributed by atoms with van der Waals surface area (Å²) in [6.45, 7) is 0.724. The van der Waals surface area contributed by atoms with Crippen LogP contribution in [0.2, 0.25) is 0 Å². The van der Waals surface area contributed by atoms with Gasteiger partial charge in [0.05, 0.1) is 0 Å². The molecule has 5 nitrogen and oxygen atoms in total. The highest BCUT2D eigenvalue weighted by Crippen LogP contribution is 1.64. The fourth-order valence-electron chi connectivity index (χ4n) is 0.122. The predicted octanol–water partition coefficient (Wildman–Crippen LogP) is -0.573. The molecule has 3 N–H and O–H groups in total. The molecule has 0 unspecified atom stereocenters. The van der Waals surface area contributed by atoms with Crippen molar-refractivity contribution in [3.63, 3.8) is 0 Å². The Morgan fingerprint density at radius 2 is 2.57 bits per heavy atom. The van der Waals surface area contributed by atoms with Crippen LogP contribution in [0, 0.1) is 5.53 Å². The van der Waals surface area contributed by atoms with E-state index in [0.717, 1.165) is 0 Å². The zero-order valence-corrected chi connectivity index (χ0v) is 3.79. The van der Waals surface area contributed by atoms with E-state index in [1.54, 1.807) is 0 Å².